The molecule has 0 aliphatic carbocycles. The first-order valence-electron chi connectivity index (χ1n) is 8.78. The Bertz CT molecular complexity index is 961. The van der Waals surface area contributed by atoms with Crippen molar-refractivity contribution in [2.75, 3.05) is 30.7 Å². The van der Waals surface area contributed by atoms with Gasteiger partial charge in [0, 0.05) is 12.1 Å². The third-order valence-corrected chi connectivity index (χ3v) is 4.15. The zero-order valence-electron chi connectivity index (χ0n) is 16.1. The van der Waals surface area contributed by atoms with Crippen LogP contribution < -0.4 is 31.4 Å². The fraction of sp³-hybridized carbons (Fsp3) is 0.150. The highest BCUT2D eigenvalue weighted by atomic mass is 16.5. The van der Waals surface area contributed by atoms with Gasteiger partial charge in [-0.3, -0.25) is 15.6 Å². The van der Waals surface area contributed by atoms with Crippen molar-refractivity contribution in [1.82, 2.24) is 15.4 Å². The third-order valence-electron chi connectivity index (χ3n) is 4.15. The van der Waals surface area contributed by atoms with Gasteiger partial charge in [-0.2, -0.15) is 0 Å². The number of benzene rings is 2. The molecule has 29 heavy (non-hydrogen) atoms. The zero-order chi connectivity index (χ0) is 20.6. The van der Waals surface area contributed by atoms with Crippen molar-refractivity contribution in [2.45, 2.75) is 6.54 Å². The van der Waals surface area contributed by atoms with Crippen LogP contribution in [0.25, 0.3) is 0 Å². The number of nitrogen functional groups attached to an aromatic ring is 1. The lowest BCUT2D eigenvalue weighted by molar-refractivity contribution is 0.0962. The Morgan fingerprint density at radius 2 is 1.52 bits per heavy atom. The van der Waals surface area contributed by atoms with E-state index in [0.717, 1.165) is 11.3 Å². The number of hydrogen-bond donors (Lipinski definition) is 4. The van der Waals surface area contributed by atoms with Crippen LogP contribution in [0.4, 0.5) is 17.3 Å². The largest absolute Gasteiger partial charge is 0.497 e. The van der Waals surface area contributed by atoms with Crippen LogP contribution in [0, 0.1) is 0 Å². The molecule has 1 aromatic heterocycles. The normalized spacial score (nSPS) is 10.1. The number of aromatic nitrogens is 2. The van der Waals surface area contributed by atoms with Crippen molar-refractivity contribution < 1.29 is 14.3 Å². The van der Waals surface area contributed by atoms with Crippen LogP contribution in [-0.2, 0) is 6.54 Å². The molecule has 9 nitrogen and oxygen atoms in total. The minimum atomic E-state index is -0.335. The number of nitrogens with one attached hydrogen (secondary N) is 3. The van der Waals surface area contributed by atoms with Crippen LogP contribution in [0.3, 0.4) is 0 Å². The second-order valence-corrected chi connectivity index (χ2v) is 5.99. The second-order valence-electron chi connectivity index (χ2n) is 5.99. The molecule has 0 spiro atoms. The molecule has 1 heterocycles. The van der Waals surface area contributed by atoms with Crippen molar-refractivity contribution in [3.8, 4) is 11.5 Å². The Kier molecular flexibility index (Phi) is 6.31. The SMILES string of the molecule is COc1ccc(CNc2ncnc(NNC(=O)c3ccc(OC)cc3)c2N)cc1. The Morgan fingerprint density at radius 1 is 0.931 bits per heavy atom. The predicted octanol–water partition coefficient (Wildman–Crippen LogP) is 2.45. The summed E-state index contributed by atoms with van der Waals surface area (Å²) in [6.07, 6.45) is 1.36. The molecular weight excluding hydrogens is 372 g/mol. The van der Waals surface area contributed by atoms with Crippen LogP contribution in [0.15, 0.2) is 54.9 Å². The molecule has 3 rings (SSSR count). The minimum absolute atomic E-state index is 0.288. The Hall–Kier alpha value is -4.01. The van der Waals surface area contributed by atoms with E-state index in [2.05, 4.69) is 26.1 Å². The van der Waals surface area contributed by atoms with E-state index in [1.807, 2.05) is 24.3 Å². The van der Waals surface area contributed by atoms with Crippen LogP contribution in [0.2, 0.25) is 0 Å². The maximum absolute atomic E-state index is 12.3. The van der Waals surface area contributed by atoms with Crippen LogP contribution in [0.1, 0.15) is 15.9 Å². The molecule has 0 bridgehead atoms. The first kappa shape index (κ1) is 19.7. The van der Waals surface area contributed by atoms with Gasteiger partial charge >= 0.3 is 0 Å². The average Bonchev–Trinajstić information content (AvgIpc) is 2.77. The lowest BCUT2D eigenvalue weighted by Gasteiger charge is -2.13. The highest BCUT2D eigenvalue weighted by Gasteiger charge is 2.10. The standard InChI is InChI=1S/C20H22N6O3/c1-28-15-7-3-13(4-8-15)11-22-18-17(21)19(24-12-23-18)25-26-20(27)14-5-9-16(29-2)10-6-14/h3-10,12H,11,21H2,1-2H3,(H,26,27)(H2,22,23,24,25). The van der Waals surface area contributed by atoms with Crippen molar-refractivity contribution in [3.63, 3.8) is 0 Å². The van der Waals surface area contributed by atoms with Crippen molar-refractivity contribution in [1.29, 1.82) is 0 Å². The summed E-state index contributed by atoms with van der Waals surface area (Å²) in [7, 11) is 3.19. The van der Waals surface area contributed by atoms with Gasteiger partial charge in [0.2, 0.25) is 0 Å². The van der Waals surface area contributed by atoms with Gasteiger partial charge in [-0.25, -0.2) is 9.97 Å². The molecule has 0 fully saturated rings. The minimum Gasteiger partial charge on any atom is -0.497 e. The molecule has 0 radical (unpaired) electrons. The summed E-state index contributed by atoms with van der Waals surface area (Å²) >= 11 is 0. The summed E-state index contributed by atoms with van der Waals surface area (Å²) in [6, 6.07) is 14.4. The van der Waals surface area contributed by atoms with Gasteiger partial charge in [-0.05, 0) is 42.0 Å². The quantitative estimate of drug-likeness (QED) is 0.430. The molecule has 0 saturated heterocycles. The fourth-order valence-electron chi connectivity index (χ4n) is 2.50. The molecule has 5 N–H and O–H groups in total. The van der Waals surface area contributed by atoms with E-state index < -0.39 is 0 Å². The van der Waals surface area contributed by atoms with E-state index in [-0.39, 0.29) is 11.6 Å². The number of nitrogens with zero attached hydrogens (tertiary/aromatic N) is 2. The van der Waals surface area contributed by atoms with E-state index in [4.69, 9.17) is 15.2 Å². The second kappa shape index (κ2) is 9.27. The molecule has 0 unspecified atom stereocenters. The maximum atomic E-state index is 12.3. The third kappa shape index (κ3) is 5.04. The van der Waals surface area contributed by atoms with Crippen molar-refractivity contribution in [2.24, 2.45) is 0 Å². The van der Waals surface area contributed by atoms with Gasteiger partial charge in [0.1, 0.15) is 23.5 Å². The Morgan fingerprint density at radius 3 is 2.14 bits per heavy atom. The Balaban J connectivity index is 1.60. The zero-order valence-corrected chi connectivity index (χ0v) is 16.1. The molecule has 9 heteroatoms. The first-order chi connectivity index (χ1) is 14.1. The van der Waals surface area contributed by atoms with Crippen LogP contribution >= 0.6 is 0 Å². The number of ether oxygens (including phenoxy) is 2. The lowest BCUT2D eigenvalue weighted by atomic mass is 10.2. The molecule has 0 atom stereocenters. The number of hydrogen-bond acceptors (Lipinski definition) is 8. The van der Waals surface area contributed by atoms with Gasteiger partial charge in [-0.1, -0.05) is 12.1 Å². The highest BCUT2D eigenvalue weighted by molar-refractivity contribution is 5.95. The number of amides is 1. The molecule has 2 aromatic carbocycles. The summed E-state index contributed by atoms with van der Waals surface area (Å²) in [5.74, 6) is 1.87. The number of hydrazine groups is 1. The number of carbonyl (C=O) groups excluding carboxylic acids is 1. The molecule has 0 aliphatic rings. The van der Waals surface area contributed by atoms with Crippen LogP contribution in [0.5, 0.6) is 11.5 Å². The fourth-order valence-corrected chi connectivity index (χ4v) is 2.50. The van der Waals surface area contributed by atoms with Gasteiger partial charge in [0.15, 0.2) is 11.6 Å². The van der Waals surface area contributed by atoms with Crippen molar-refractivity contribution >= 4 is 23.2 Å². The number of rotatable bonds is 8. The number of anilines is 3. The Labute approximate surface area is 168 Å². The molecule has 1 amide bonds. The van der Waals surface area contributed by atoms with E-state index in [0.29, 0.717) is 29.5 Å². The van der Waals surface area contributed by atoms with Gasteiger partial charge < -0.3 is 20.5 Å². The summed E-state index contributed by atoms with van der Waals surface area (Å²) in [6.45, 7) is 0.517. The smallest absolute Gasteiger partial charge is 0.269 e. The van der Waals surface area contributed by atoms with Crippen molar-refractivity contribution in [3.05, 3.63) is 66.0 Å². The topological polar surface area (TPSA) is 123 Å². The molecule has 3 aromatic rings. The van der Waals surface area contributed by atoms with E-state index >= 15 is 0 Å². The number of carbonyl (C=O) groups is 1. The average molecular weight is 394 g/mol. The summed E-state index contributed by atoms with van der Waals surface area (Å²) in [5.41, 5.74) is 13.2. The monoisotopic (exact) mass is 394 g/mol. The predicted molar refractivity (Wildman–Crippen MR) is 111 cm³/mol. The van der Waals surface area contributed by atoms with Crippen LogP contribution in [-0.4, -0.2) is 30.1 Å². The first-order valence-corrected chi connectivity index (χ1v) is 8.78. The summed E-state index contributed by atoms with van der Waals surface area (Å²) < 4.78 is 10.2. The number of nitrogens with two attached hydrogens (primary N) is 1. The van der Waals surface area contributed by atoms with Gasteiger partial charge in [-0.15, -0.1) is 0 Å². The lowest BCUT2D eigenvalue weighted by Crippen LogP contribution is -2.30. The summed E-state index contributed by atoms with van der Waals surface area (Å²) in [4.78, 5) is 20.5. The van der Waals surface area contributed by atoms with E-state index in [1.54, 1.807) is 38.5 Å². The maximum Gasteiger partial charge on any atom is 0.269 e. The van der Waals surface area contributed by atoms with E-state index in [1.165, 1.54) is 6.33 Å². The highest BCUT2D eigenvalue weighted by Crippen LogP contribution is 2.22. The van der Waals surface area contributed by atoms with E-state index in [9.17, 15) is 4.79 Å². The van der Waals surface area contributed by atoms with Gasteiger partial charge in [0.25, 0.3) is 5.91 Å². The summed E-state index contributed by atoms with van der Waals surface area (Å²) in [5, 5.41) is 3.16. The molecule has 150 valence electrons. The number of methoxy groups -OCH3 is 2. The molecule has 0 aliphatic heterocycles. The molecule has 0 saturated carbocycles. The van der Waals surface area contributed by atoms with Gasteiger partial charge in [0.05, 0.1) is 14.2 Å². The molecular formula is C20H22N6O3.